The summed E-state index contributed by atoms with van der Waals surface area (Å²) in [5.74, 6) is 0.509. The summed E-state index contributed by atoms with van der Waals surface area (Å²) in [6.45, 7) is 3.18. The molecule has 1 aliphatic heterocycles. The normalized spacial score (nSPS) is 14.7. The molecule has 0 spiro atoms. The zero-order valence-corrected chi connectivity index (χ0v) is 21.3. The van der Waals surface area contributed by atoms with Crippen LogP contribution in [0, 0.1) is 18.3 Å². The molecule has 0 amide bonds. The first-order chi connectivity index (χ1) is 16.9. The largest absolute Gasteiger partial charge is 0.489 e. The van der Waals surface area contributed by atoms with Crippen molar-refractivity contribution in [1.29, 1.82) is 5.26 Å². The minimum atomic E-state index is -3.86. The molecule has 0 unspecified atom stereocenters. The number of sulfone groups is 1. The van der Waals surface area contributed by atoms with Crippen LogP contribution in [-0.2, 0) is 14.6 Å². The van der Waals surface area contributed by atoms with Gasteiger partial charge in [0.1, 0.15) is 23.6 Å². The van der Waals surface area contributed by atoms with E-state index in [0.717, 1.165) is 18.4 Å². The van der Waals surface area contributed by atoms with E-state index in [9.17, 15) is 13.7 Å². The Labute approximate surface area is 211 Å². The summed E-state index contributed by atoms with van der Waals surface area (Å²) in [5, 5.41) is 10.3. The van der Waals surface area contributed by atoms with Crippen molar-refractivity contribution in [3.05, 3.63) is 70.5 Å². The number of aromatic amines is 1. The van der Waals surface area contributed by atoms with Gasteiger partial charge in [-0.3, -0.25) is 0 Å². The molecule has 3 heterocycles. The molecule has 1 N–H and O–H groups in total. The average molecular weight is 552 g/mol. The van der Waals surface area contributed by atoms with Crippen molar-refractivity contribution >= 4 is 36.8 Å². The molecule has 5 rings (SSSR count). The number of halogens is 1. The van der Waals surface area contributed by atoms with Crippen molar-refractivity contribution in [2.45, 2.75) is 35.7 Å². The molecule has 4 aromatic rings. The Morgan fingerprint density at radius 1 is 1.17 bits per heavy atom. The first-order valence-corrected chi connectivity index (χ1v) is 13.4. The number of pyridine rings is 1. The van der Waals surface area contributed by atoms with E-state index >= 15 is 0 Å². The van der Waals surface area contributed by atoms with Crippen molar-refractivity contribution < 1.29 is 17.9 Å². The molecule has 2 aromatic heterocycles. The van der Waals surface area contributed by atoms with Crippen molar-refractivity contribution in [2.24, 2.45) is 0 Å². The van der Waals surface area contributed by atoms with Crippen LogP contribution in [0.2, 0.25) is 0 Å². The summed E-state index contributed by atoms with van der Waals surface area (Å²) in [6, 6.07) is 14.3. The lowest BCUT2D eigenvalue weighted by molar-refractivity contribution is 0.0254. The SMILES string of the molecule is Cc1ccc(S(=O)(=O)c2c(Br)cnc3[nH]cc(-c4ccc(OC5CCOCC5)c(C#N)c4)c23)cc1. The van der Waals surface area contributed by atoms with Crippen LogP contribution in [0.3, 0.4) is 0 Å². The average Bonchev–Trinajstić information content (AvgIpc) is 3.29. The van der Waals surface area contributed by atoms with Crippen molar-refractivity contribution in [3.8, 4) is 22.9 Å². The van der Waals surface area contributed by atoms with Gasteiger partial charge in [-0.1, -0.05) is 23.8 Å². The smallest absolute Gasteiger partial charge is 0.208 e. The lowest BCUT2D eigenvalue weighted by Gasteiger charge is -2.23. The van der Waals surface area contributed by atoms with E-state index in [4.69, 9.17) is 9.47 Å². The molecule has 35 heavy (non-hydrogen) atoms. The van der Waals surface area contributed by atoms with E-state index < -0.39 is 9.84 Å². The Morgan fingerprint density at radius 3 is 2.63 bits per heavy atom. The number of nitriles is 1. The number of H-pyrrole nitrogens is 1. The highest BCUT2D eigenvalue weighted by atomic mass is 79.9. The highest BCUT2D eigenvalue weighted by molar-refractivity contribution is 9.10. The number of rotatable bonds is 5. The molecule has 9 heteroatoms. The molecule has 1 fully saturated rings. The van der Waals surface area contributed by atoms with E-state index in [0.29, 0.717) is 51.2 Å². The molecule has 178 valence electrons. The van der Waals surface area contributed by atoms with E-state index in [1.165, 1.54) is 6.20 Å². The molecule has 0 bridgehead atoms. The van der Waals surface area contributed by atoms with E-state index in [1.807, 2.05) is 13.0 Å². The number of aryl methyl sites for hydroxylation is 1. The highest BCUT2D eigenvalue weighted by Crippen LogP contribution is 2.40. The standard InChI is InChI=1S/C26H22BrN3O4S/c1-16-2-5-20(6-3-16)35(31,32)25-22(27)15-30-26-24(25)21(14-29-26)17-4-7-23(18(12-17)13-28)34-19-8-10-33-11-9-19/h2-7,12,14-15,19H,8-11H2,1H3,(H,29,30). The Hall–Kier alpha value is -3.19. The Kier molecular flexibility index (Phi) is 6.36. The van der Waals surface area contributed by atoms with E-state index in [1.54, 1.807) is 42.6 Å². The Morgan fingerprint density at radius 2 is 1.91 bits per heavy atom. The van der Waals surface area contributed by atoms with Crippen LogP contribution in [0.1, 0.15) is 24.0 Å². The first-order valence-electron chi connectivity index (χ1n) is 11.1. The predicted molar refractivity (Wildman–Crippen MR) is 135 cm³/mol. The second-order valence-electron chi connectivity index (χ2n) is 8.43. The van der Waals surface area contributed by atoms with Crippen LogP contribution in [0.25, 0.3) is 22.2 Å². The van der Waals surface area contributed by atoms with Crippen LogP contribution < -0.4 is 4.74 Å². The van der Waals surface area contributed by atoms with Crippen molar-refractivity contribution in [2.75, 3.05) is 13.2 Å². The van der Waals surface area contributed by atoms with Gasteiger partial charge < -0.3 is 14.5 Å². The summed E-state index contributed by atoms with van der Waals surface area (Å²) < 4.78 is 39.2. The molecule has 0 radical (unpaired) electrons. The third kappa shape index (κ3) is 4.45. The lowest BCUT2D eigenvalue weighted by atomic mass is 10.0. The van der Waals surface area contributed by atoms with Gasteiger partial charge in [0, 0.05) is 36.2 Å². The minimum Gasteiger partial charge on any atom is -0.489 e. The third-order valence-electron chi connectivity index (χ3n) is 6.08. The summed E-state index contributed by atoms with van der Waals surface area (Å²) in [6.07, 6.45) is 4.74. The van der Waals surface area contributed by atoms with Crippen LogP contribution in [-0.4, -0.2) is 37.7 Å². The highest BCUT2D eigenvalue weighted by Gasteiger charge is 2.27. The quantitative estimate of drug-likeness (QED) is 0.348. The first kappa shape index (κ1) is 23.5. The second kappa shape index (κ2) is 9.46. The number of nitrogens with zero attached hydrogens (tertiary/aromatic N) is 2. The topological polar surface area (TPSA) is 105 Å². The summed E-state index contributed by atoms with van der Waals surface area (Å²) in [4.78, 5) is 7.78. The van der Waals surface area contributed by atoms with Crippen LogP contribution >= 0.6 is 15.9 Å². The Balaban J connectivity index is 1.62. The van der Waals surface area contributed by atoms with Gasteiger partial charge in [-0.05, 0) is 52.7 Å². The summed E-state index contributed by atoms with van der Waals surface area (Å²) in [5.41, 5.74) is 3.11. The second-order valence-corrected chi connectivity index (χ2v) is 11.2. The number of benzene rings is 2. The van der Waals surface area contributed by atoms with Gasteiger partial charge in [-0.15, -0.1) is 0 Å². The van der Waals surface area contributed by atoms with Gasteiger partial charge in [0.15, 0.2) is 0 Å². The molecular formula is C26H22BrN3O4S. The molecule has 1 saturated heterocycles. The molecule has 7 nitrogen and oxygen atoms in total. The van der Waals surface area contributed by atoms with Gasteiger partial charge >= 0.3 is 0 Å². The van der Waals surface area contributed by atoms with Crippen LogP contribution in [0.4, 0.5) is 0 Å². The lowest BCUT2D eigenvalue weighted by Crippen LogP contribution is -2.26. The van der Waals surface area contributed by atoms with Gasteiger partial charge in [0.05, 0.1) is 33.0 Å². The Bertz CT molecular complexity index is 1550. The molecule has 0 atom stereocenters. The zero-order valence-electron chi connectivity index (χ0n) is 18.9. The third-order valence-corrected chi connectivity index (χ3v) is 8.80. The molecular weight excluding hydrogens is 530 g/mol. The number of fused-ring (bicyclic) bond motifs is 1. The fourth-order valence-electron chi connectivity index (χ4n) is 4.23. The zero-order chi connectivity index (χ0) is 24.6. The van der Waals surface area contributed by atoms with Crippen molar-refractivity contribution in [3.63, 3.8) is 0 Å². The van der Waals surface area contributed by atoms with E-state index in [2.05, 4.69) is 32.0 Å². The number of nitrogens with one attached hydrogen (secondary N) is 1. The number of aromatic nitrogens is 2. The van der Waals surface area contributed by atoms with Gasteiger partial charge in [0.25, 0.3) is 0 Å². The van der Waals surface area contributed by atoms with Gasteiger partial charge in [-0.2, -0.15) is 5.26 Å². The fraction of sp³-hybridized carbons (Fsp3) is 0.231. The molecule has 0 aliphatic carbocycles. The van der Waals surface area contributed by atoms with Crippen LogP contribution in [0.5, 0.6) is 5.75 Å². The minimum absolute atomic E-state index is 0.00111. The monoisotopic (exact) mass is 551 g/mol. The van der Waals surface area contributed by atoms with Crippen LogP contribution in [0.15, 0.2) is 69.1 Å². The summed E-state index contributed by atoms with van der Waals surface area (Å²) in [7, 11) is -3.86. The number of ether oxygens (including phenoxy) is 2. The molecule has 2 aromatic carbocycles. The van der Waals surface area contributed by atoms with E-state index in [-0.39, 0.29) is 15.9 Å². The predicted octanol–water partition coefficient (Wildman–Crippen LogP) is 5.56. The number of hydrogen-bond acceptors (Lipinski definition) is 6. The summed E-state index contributed by atoms with van der Waals surface area (Å²) >= 11 is 3.41. The maximum Gasteiger partial charge on any atom is 0.208 e. The number of hydrogen-bond donors (Lipinski definition) is 1. The molecule has 0 saturated carbocycles. The maximum absolute atomic E-state index is 13.7. The maximum atomic E-state index is 13.7. The van der Waals surface area contributed by atoms with Gasteiger partial charge in [-0.25, -0.2) is 13.4 Å². The molecule has 1 aliphatic rings. The fourth-order valence-corrected chi connectivity index (χ4v) is 6.68. The van der Waals surface area contributed by atoms with Gasteiger partial charge in [0.2, 0.25) is 9.84 Å². The van der Waals surface area contributed by atoms with Crippen molar-refractivity contribution in [1.82, 2.24) is 9.97 Å².